The molecule has 1 aliphatic heterocycles. The largest absolute Gasteiger partial charge is 0.366 e. The van der Waals surface area contributed by atoms with Gasteiger partial charge < -0.3 is 9.64 Å². The van der Waals surface area contributed by atoms with Gasteiger partial charge in [0.15, 0.2) is 0 Å². The Hall–Kier alpha value is -0.870. The van der Waals surface area contributed by atoms with Crippen LogP contribution in [0.25, 0.3) is 0 Å². The van der Waals surface area contributed by atoms with E-state index in [4.69, 9.17) is 4.74 Å². The van der Waals surface area contributed by atoms with Gasteiger partial charge in [0.2, 0.25) is 0 Å². The summed E-state index contributed by atoms with van der Waals surface area (Å²) >= 11 is 0. The highest BCUT2D eigenvalue weighted by Gasteiger charge is 2.27. The first kappa shape index (κ1) is 13.6. The smallest absolute Gasteiger partial charge is 0.252 e. The standard InChI is InChI=1S/C14H24N2O2/c1-15(2)14(17)13-11-16(8-9-18-13)10-12-6-4-3-5-7-12/h6,13H,3-5,7-11H2,1-2H3. The number of hydrogen-bond donors (Lipinski definition) is 0. The normalized spacial score (nSPS) is 25.7. The van der Waals surface area contributed by atoms with Crippen molar-refractivity contribution in [3.8, 4) is 0 Å². The molecule has 2 aliphatic rings. The number of morpholine rings is 1. The maximum absolute atomic E-state index is 11.9. The van der Waals surface area contributed by atoms with Crippen molar-refractivity contribution in [2.24, 2.45) is 0 Å². The number of carbonyl (C=O) groups is 1. The molecule has 1 heterocycles. The third-order valence-corrected chi connectivity index (χ3v) is 3.68. The number of amides is 1. The van der Waals surface area contributed by atoms with Gasteiger partial charge in [0.1, 0.15) is 6.10 Å². The average molecular weight is 252 g/mol. The maximum atomic E-state index is 11.9. The Kier molecular flexibility index (Phi) is 4.78. The number of allylic oxidation sites excluding steroid dienone is 1. The highest BCUT2D eigenvalue weighted by molar-refractivity contribution is 5.80. The van der Waals surface area contributed by atoms with E-state index in [9.17, 15) is 4.79 Å². The second kappa shape index (κ2) is 6.34. The van der Waals surface area contributed by atoms with Gasteiger partial charge in [-0.15, -0.1) is 0 Å². The summed E-state index contributed by atoms with van der Waals surface area (Å²) in [6.07, 6.45) is 7.19. The number of hydrogen-bond acceptors (Lipinski definition) is 3. The van der Waals surface area contributed by atoms with Gasteiger partial charge in [-0.05, 0) is 25.7 Å². The average Bonchev–Trinajstić information content (AvgIpc) is 2.39. The van der Waals surface area contributed by atoms with Crippen LogP contribution in [0.15, 0.2) is 11.6 Å². The van der Waals surface area contributed by atoms with E-state index < -0.39 is 0 Å². The fraction of sp³-hybridized carbons (Fsp3) is 0.786. The van der Waals surface area contributed by atoms with Crippen molar-refractivity contribution in [3.63, 3.8) is 0 Å². The highest BCUT2D eigenvalue weighted by atomic mass is 16.5. The van der Waals surface area contributed by atoms with Gasteiger partial charge in [-0.3, -0.25) is 9.69 Å². The van der Waals surface area contributed by atoms with Crippen molar-refractivity contribution in [2.75, 3.05) is 40.3 Å². The molecule has 0 saturated carbocycles. The van der Waals surface area contributed by atoms with Gasteiger partial charge in [0.25, 0.3) is 5.91 Å². The van der Waals surface area contributed by atoms with Crippen LogP contribution in [0.2, 0.25) is 0 Å². The third-order valence-electron chi connectivity index (χ3n) is 3.68. The van der Waals surface area contributed by atoms with Gasteiger partial charge in [0.05, 0.1) is 6.61 Å². The predicted molar refractivity (Wildman–Crippen MR) is 71.4 cm³/mol. The number of carbonyl (C=O) groups excluding carboxylic acids is 1. The Morgan fingerprint density at radius 2 is 2.33 bits per heavy atom. The summed E-state index contributed by atoms with van der Waals surface area (Å²) in [5.74, 6) is 0.0809. The molecule has 0 aromatic heterocycles. The van der Waals surface area contributed by atoms with Crippen molar-refractivity contribution >= 4 is 5.91 Å². The summed E-state index contributed by atoms with van der Waals surface area (Å²) in [5, 5.41) is 0. The van der Waals surface area contributed by atoms with Crippen molar-refractivity contribution in [2.45, 2.75) is 31.8 Å². The van der Waals surface area contributed by atoms with Gasteiger partial charge in [-0.25, -0.2) is 0 Å². The molecule has 0 spiro atoms. The highest BCUT2D eigenvalue weighted by Crippen LogP contribution is 2.19. The molecule has 1 unspecified atom stereocenters. The lowest BCUT2D eigenvalue weighted by atomic mass is 9.99. The zero-order valence-corrected chi connectivity index (χ0v) is 11.5. The lowest BCUT2D eigenvalue weighted by Gasteiger charge is -2.34. The molecule has 0 aromatic rings. The molecule has 0 bridgehead atoms. The molecule has 102 valence electrons. The monoisotopic (exact) mass is 252 g/mol. The first-order valence-corrected chi connectivity index (χ1v) is 6.90. The van der Waals surface area contributed by atoms with E-state index >= 15 is 0 Å². The summed E-state index contributed by atoms with van der Waals surface area (Å²) in [7, 11) is 3.57. The Morgan fingerprint density at radius 3 is 3.00 bits per heavy atom. The van der Waals surface area contributed by atoms with Crippen LogP contribution in [-0.4, -0.2) is 62.1 Å². The molecule has 1 saturated heterocycles. The van der Waals surface area contributed by atoms with E-state index in [0.717, 1.165) is 19.6 Å². The molecule has 4 heteroatoms. The summed E-state index contributed by atoms with van der Waals surface area (Å²) in [4.78, 5) is 15.9. The molecule has 18 heavy (non-hydrogen) atoms. The Morgan fingerprint density at radius 1 is 1.50 bits per heavy atom. The van der Waals surface area contributed by atoms with Gasteiger partial charge in [0, 0.05) is 33.7 Å². The lowest BCUT2D eigenvalue weighted by Crippen LogP contribution is -2.49. The maximum Gasteiger partial charge on any atom is 0.252 e. The van der Waals surface area contributed by atoms with Gasteiger partial charge >= 0.3 is 0 Å². The van der Waals surface area contributed by atoms with E-state index in [2.05, 4.69) is 11.0 Å². The molecular formula is C14H24N2O2. The number of likely N-dealkylation sites (N-methyl/N-ethyl adjacent to an activating group) is 1. The quantitative estimate of drug-likeness (QED) is 0.709. The predicted octanol–water partition coefficient (Wildman–Crippen LogP) is 1.28. The fourth-order valence-electron chi connectivity index (χ4n) is 2.62. The summed E-state index contributed by atoms with van der Waals surface area (Å²) in [5.41, 5.74) is 1.54. The lowest BCUT2D eigenvalue weighted by molar-refractivity contribution is -0.146. The minimum atomic E-state index is -0.280. The molecule has 0 N–H and O–H groups in total. The third kappa shape index (κ3) is 3.56. The van der Waals surface area contributed by atoms with Crippen molar-refractivity contribution in [1.82, 2.24) is 9.80 Å². The SMILES string of the molecule is CN(C)C(=O)C1CN(CC2=CCCCC2)CCO1. The first-order valence-electron chi connectivity index (χ1n) is 6.90. The van der Waals surface area contributed by atoms with Crippen molar-refractivity contribution in [3.05, 3.63) is 11.6 Å². The van der Waals surface area contributed by atoms with Crippen molar-refractivity contribution < 1.29 is 9.53 Å². The van der Waals surface area contributed by atoms with Gasteiger partial charge in [-0.1, -0.05) is 11.6 Å². The minimum absolute atomic E-state index is 0.0809. The molecule has 4 nitrogen and oxygen atoms in total. The number of ether oxygens (including phenoxy) is 1. The van der Waals surface area contributed by atoms with E-state index in [-0.39, 0.29) is 12.0 Å². The molecular weight excluding hydrogens is 228 g/mol. The molecule has 0 aromatic carbocycles. The fourth-order valence-corrected chi connectivity index (χ4v) is 2.62. The Balaban J connectivity index is 1.86. The molecule has 0 radical (unpaired) electrons. The van der Waals surface area contributed by atoms with E-state index in [0.29, 0.717) is 6.61 Å². The zero-order chi connectivity index (χ0) is 13.0. The molecule has 1 fully saturated rings. The van der Waals surface area contributed by atoms with Gasteiger partial charge in [-0.2, -0.15) is 0 Å². The molecule has 1 amide bonds. The van der Waals surface area contributed by atoms with Crippen LogP contribution < -0.4 is 0 Å². The van der Waals surface area contributed by atoms with Crippen LogP contribution in [0.3, 0.4) is 0 Å². The number of nitrogens with zero attached hydrogens (tertiary/aromatic N) is 2. The topological polar surface area (TPSA) is 32.8 Å². The van der Waals surface area contributed by atoms with Crippen LogP contribution in [0.5, 0.6) is 0 Å². The summed E-state index contributed by atoms with van der Waals surface area (Å²) < 4.78 is 5.57. The summed E-state index contributed by atoms with van der Waals surface area (Å²) in [6, 6.07) is 0. The molecule has 1 atom stereocenters. The Labute approximate surface area is 110 Å². The van der Waals surface area contributed by atoms with Crippen LogP contribution in [0.4, 0.5) is 0 Å². The molecule has 2 rings (SSSR count). The van der Waals surface area contributed by atoms with E-state index in [1.54, 1.807) is 24.6 Å². The second-order valence-electron chi connectivity index (χ2n) is 5.44. The van der Waals surface area contributed by atoms with Crippen LogP contribution in [0.1, 0.15) is 25.7 Å². The second-order valence-corrected chi connectivity index (χ2v) is 5.44. The first-order chi connectivity index (χ1) is 8.66. The van der Waals surface area contributed by atoms with Crippen molar-refractivity contribution in [1.29, 1.82) is 0 Å². The minimum Gasteiger partial charge on any atom is -0.366 e. The molecule has 1 aliphatic carbocycles. The summed E-state index contributed by atoms with van der Waals surface area (Å²) in [6.45, 7) is 3.35. The van der Waals surface area contributed by atoms with Crippen LogP contribution >= 0.6 is 0 Å². The Bertz CT molecular complexity index is 326. The number of rotatable bonds is 3. The van der Waals surface area contributed by atoms with Crippen LogP contribution in [0, 0.1) is 0 Å². The van der Waals surface area contributed by atoms with E-state index in [1.807, 2.05) is 0 Å². The van der Waals surface area contributed by atoms with Crippen LogP contribution in [-0.2, 0) is 9.53 Å². The van der Waals surface area contributed by atoms with E-state index in [1.165, 1.54) is 25.7 Å². The zero-order valence-electron chi connectivity index (χ0n) is 11.5.